The maximum absolute atomic E-state index is 11.9. The van der Waals surface area contributed by atoms with E-state index in [2.05, 4.69) is 20.9 Å². The molecule has 2 rings (SSSR count). The lowest BCUT2D eigenvalue weighted by atomic mass is 10.2. The molecule has 2 heterocycles. The molecule has 0 spiro atoms. The van der Waals surface area contributed by atoms with Crippen LogP contribution in [-0.4, -0.2) is 40.8 Å². The van der Waals surface area contributed by atoms with Gasteiger partial charge in [0.05, 0.1) is 12.7 Å². The molecule has 1 saturated heterocycles. The number of carbonyl (C=O) groups excluding carboxylic acids is 1. The summed E-state index contributed by atoms with van der Waals surface area (Å²) in [7, 11) is 0. The van der Waals surface area contributed by atoms with Crippen LogP contribution in [-0.2, 0) is 4.74 Å². The van der Waals surface area contributed by atoms with Gasteiger partial charge in [0.15, 0.2) is 0 Å². The summed E-state index contributed by atoms with van der Waals surface area (Å²) < 4.78 is 12.0. The van der Waals surface area contributed by atoms with Gasteiger partial charge in [-0.1, -0.05) is 0 Å². The van der Waals surface area contributed by atoms with Gasteiger partial charge in [0.2, 0.25) is 0 Å². The number of halogens is 1. The van der Waals surface area contributed by atoms with Gasteiger partial charge < -0.3 is 14.4 Å². The molecule has 1 atom stereocenters. The Balaban J connectivity index is 1.88. The summed E-state index contributed by atoms with van der Waals surface area (Å²) in [4.78, 5) is 17.7. The summed E-state index contributed by atoms with van der Waals surface area (Å²) >= 11 is 3.35. The van der Waals surface area contributed by atoms with Crippen molar-refractivity contribution < 1.29 is 14.3 Å². The molecule has 1 amide bonds. The fourth-order valence-electron chi connectivity index (χ4n) is 1.97. The summed E-state index contributed by atoms with van der Waals surface area (Å²) in [5.41, 5.74) is -0.468. The molecule has 1 aliphatic rings. The first-order valence-electron chi connectivity index (χ1n) is 6.58. The van der Waals surface area contributed by atoms with Crippen molar-refractivity contribution >= 4 is 22.0 Å². The van der Waals surface area contributed by atoms with E-state index in [4.69, 9.17) is 9.47 Å². The molecular weight excluding hydrogens is 324 g/mol. The van der Waals surface area contributed by atoms with Crippen LogP contribution in [0.15, 0.2) is 22.9 Å². The highest BCUT2D eigenvalue weighted by Crippen LogP contribution is 2.22. The first-order valence-corrected chi connectivity index (χ1v) is 7.38. The SMILES string of the molecule is CC(C)(C)OC(=O)N1CCC(Oc2cncc(Br)c2)C1. The van der Waals surface area contributed by atoms with Crippen molar-refractivity contribution in [1.82, 2.24) is 9.88 Å². The third-order valence-corrected chi connectivity index (χ3v) is 3.21. The lowest BCUT2D eigenvalue weighted by molar-refractivity contribution is 0.0275. The number of likely N-dealkylation sites (tertiary alicyclic amines) is 1. The number of aromatic nitrogens is 1. The van der Waals surface area contributed by atoms with Gasteiger partial charge in [0.1, 0.15) is 17.5 Å². The van der Waals surface area contributed by atoms with Crippen molar-refractivity contribution in [3.05, 3.63) is 22.9 Å². The topological polar surface area (TPSA) is 51.7 Å². The van der Waals surface area contributed by atoms with Crippen molar-refractivity contribution in [2.75, 3.05) is 13.1 Å². The highest BCUT2D eigenvalue weighted by Gasteiger charge is 2.30. The van der Waals surface area contributed by atoms with Crippen LogP contribution in [0.5, 0.6) is 5.75 Å². The molecule has 5 nitrogen and oxygen atoms in total. The third kappa shape index (κ3) is 4.37. The van der Waals surface area contributed by atoms with Crippen LogP contribution < -0.4 is 4.74 Å². The van der Waals surface area contributed by atoms with Crippen LogP contribution in [0, 0.1) is 0 Å². The van der Waals surface area contributed by atoms with Crippen LogP contribution >= 0.6 is 15.9 Å². The van der Waals surface area contributed by atoms with Crippen LogP contribution in [0.3, 0.4) is 0 Å². The van der Waals surface area contributed by atoms with E-state index in [0.29, 0.717) is 18.8 Å². The van der Waals surface area contributed by atoms with Gasteiger partial charge in [0, 0.05) is 23.6 Å². The predicted molar refractivity (Wildman–Crippen MR) is 78.8 cm³/mol. The number of hydrogen-bond acceptors (Lipinski definition) is 4. The summed E-state index contributed by atoms with van der Waals surface area (Å²) in [6, 6.07) is 1.86. The van der Waals surface area contributed by atoms with E-state index < -0.39 is 5.60 Å². The second-order valence-corrected chi connectivity index (χ2v) is 6.71. The minimum atomic E-state index is -0.468. The Labute approximate surface area is 127 Å². The first-order chi connectivity index (χ1) is 9.33. The predicted octanol–water partition coefficient (Wildman–Crippen LogP) is 3.23. The molecule has 0 saturated carbocycles. The zero-order valence-corrected chi connectivity index (χ0v) is 13.5. The van der Waals surface area contributed by atoms with Gasteiger partial charge in [-0.25, -0.2) is 4.79 Å². The quantitative estimate of drug-likeness (QED) is 0.827. The molecule has 0 aliphatic carbocycles. The van der Waals surface area contributed by atoms with Crippen molar-refractivity contribution in [2.45, 2.75) is 38.9 Å². The van der Waals surface area contributed by atoms with Gasteiger partial charge in [-0.3, -0.25) is 4.98 Å². The van der Waals surface area contributed by atoms with Gasteiger partial charge in [0.25, 0.3) is 0 Å². The molecule has 0 aromatic carbocycles. The summed E-state index contributed by atoms with van der Waals surface area (Å²) in [5.74, 6) is 0.704. The van der Waals surface area contributed by atoms with Gasteiger partial charge in [-0.15, -0.1) is 0 Å². The molecule has 1 aromatic rings. The van der Waals surface area contributed by atoms with E-state index in [-0.39, 0.29) is 12.2 Å². The first kappa shape index (κ1) is 15.1. The Kier molecular flexibility index (Phi) is 4.52. The summed E-state index contributed by atoms with van der Waals surface area (Å²) in [5, 5.41) is 0. The maximum atomic E-state index is 11.9. The fraction of sp³-hybridized carbons (Fsp3) is 0.571. The highest BCUT2D eigenvalue weighted by molar-refractivity contribution is 9.10. The Morgan fingerprint density at radius 3 is 2.85 bits per heavy atom. The van der Waals surface area contributed by atoms with E-state index in [1.165, 1.54) is 0 Å². The van der Waals surface area contributed by atoms with Crippen molar-refractivity contribution in [2.24, 2.45) is 0 Å². The van der Waals surface area contributed by atoms with Crippen LogP contribution in [0.25, 0.3) is 0 Å². The molecule has 0 bridgehead atoms. The average molecular weight is 343 g/mol. The van der Waals surface area contributed by atoms with Gasteiger partial charge >= 0.3 is 6.09 Å². The molecule has 110 valence electrons. The smallest absolute Gasteiger partial charge is 0.410 e. The molecule has 1 aliphatic heterocycles. The minimum absolute atomic E-state index is 0.0152. The molecule has 20 heavy (non-hydrogen) atoms. The third-order valence-electron chi connectivity index (χ3n) is 2.78. The number of hydrogen-bond donors (Lipinski definition) is 0. The molecule has 0 radical (unpaired) electrons. The van der Waals surface area contributed by atoms with Crippen molar-refractivity contribution in [3.63, 3.8) is 0 Å². The molecular formula is C14H19BrN2O3. The van der Waals surface area contributed by atoms with Crippen LogP contribution in [0.4, 0.5) is 4.79 Å². The fourth-order valence-corrected chi connectivity index (χ4v) is 2.31. The second-order valence-electron chi connectivity index (χ2n) is 5.79. The number of amides is 1. The Morgan fingerprint density at radius 1 is 1.45 bits per heavy atom. The minimum Gasteiger partial charge on any atom is -0.487 e. The van der Waals surface area contributed by atoms with Crippen LogP contribution in [0.1, 0.15) is 27.2 Å². The van der Waals surface area contributed by atoms with Crippen molar-refractivity contribution in [3.8, 4) is 5.75 Å². The van der Waals surface area contributed by atoms with E-state index in [9.17, 15) is 4.79 Å². The molecule has 1 unspecified atom stereocenters. The monoisotopic (exact) mass is 342 g/mol. The summed E-state index contributed by atoms with van der Waals surface area (Å²) in [6.45, 7) is 6.79. The number of rotatable bonds is 2. The molecule has 1 fully saturated rings. The van der Waals surface area contributed by atoms with E-state index >= 15 is 0 Å². The van der Waals surface area contributed by atoms with E-state index in [0.717, 1.165) is 10.9 Å². The maximum Gasteiger partial charge on any atom is 0.410 e. The molecule has 0 N–H and O–H groups in total. The zero-order chi connectivity index (χ0) is 14.8. The second kappa shape index (κ2) is 5.99. The Hall–Kier alpha value is -1.30. The zero-order valence-electron chi connectivity index (χ0n) is 11.9. The molecule has 6 heteroatoms. The summed E-state index contributed by atoms with van der Waals surface area (Å²) in [6.07, 6.45) is 3.87. The highest BCUT2D eigenvalue weighted by atomic mass is 79.9. The van der Waals surface area contributed by atoms with Gasteiger partial charge in [-0.2, -0.15) is 0 Å². The lowest BCUT2D eigenvalue weighted by Crippen LogP contribution is -2.36. The van der Waals surface area contributed by atoms with E-state index in [1.54, 1.807) is 17.3 Å². The van der Waals surface area contributed by atoms with Crippen molar-refractivity contribution in [1.29, 1.82) is 0 Å². The Bertz CT molecular complexity index is 488. The number of pyridine rings is 1. The average Bonchev–Trinajstić information content (AvgIpc) is 2.75. The number of nitrogens with zero attached hydrogens (tertiary/aromatic N) is 2. The molecule has 1 aromatic heterocycles. The van der Waals surface area contributed by atoms with Crippen LogP contribution in [0.2, 0.25) is 0 Å². The Morgan fingerprint density at radius 2 is 2.20 bits per heavy atom. The largest absolute Gasteiger partial charge is 0.487 e. The standard InChI is InChI=1S/C14H19BrN2O3/c1-14(2,3)20-13(18)17-5-4-11(9-17)19-12-6-10(15)7-16-8-12/h6-8,11H,4-5,9H2,1-3H3. The van der Waals surface area contributed by atoms with E-state index in [1.807, 2.05) is 26.8 Å². The number of ether oxygens (including phenoxy) is 2. The lowest BCUT2D eigenvalue weighted by Gasteiger charge is -2.24. The van der Waals surface area contributed by atoms with Gasteiger partial charge in [-0.05, 0) is 42.8 Å². The number of carbonyl (C=O) groups is 1. The normalized spacial score (nSPS) is 19.0.